The highest BCUT2D eigenvalue weighted by Gasteiger charge is 2.27. The van der Waals surface area contributed by atoms with Gasteiger partial charge < -0.3 is 0 Å². The molecular weight excluding hydrogens is 294 g/mol. The van der Waals surface area contributed by atoms with Crippen molar-refractivity contribution in [2.45, 2.75) is 25.6 Å². The third kappa shape index (κ3) is 3.96. The second-order valence-electron chi connectivity index (χ2n) is 4.57. The van der Waals surface area contributed by atoms with Crippen LogP contribution in [0.3, 0.4) is 0 Å². The fourth-order valence-electron chi connectivity index (χ4n) is 2.06. The maximum atomic E-state index is 13.4. The van der Waals surface area contributed by atoms with Gasteiger partial charge in [0.1, 0.15) is 5.82 Å². The van der Waals surface area contributed by atoms with Crippen molar-refractivity contribution in [1.82, 2.24) is 4.31 Å². The molecule has 1 aliphatic heterocycles. The first-order valence-electron chi connectivity index (χ1n) is 6.10. The minimum atomic E-state index is -4.14. The molecule has 0 fully saturated rings. The van der Waals surface area contributed by atoms with Gasteiger partial charge in [0, 0.05) is 18.8 Å². The zero-order chi connectivity index (χ0) is 14.8. The summed E-state index contributed by atoms with van der Waals surface area (Å²) in [5.74, 6) is -0.572. The van der Waals surface area contributed by atoms with Gasteiger partial charge in [0.15, 0.2) is 6.29 Å². The second-order valence-corrected chi connectivity index (χ2v) is 5.76. The van der Waals surface area contributed by atoms with Crippen LogP contribution < -0.4 is 0 Å². The second kappa shape index (κ2) is 6.13. The lowest BCUT2D eigenvalue weighted by molar-refractivity contribution is -0.129. The van der Waals surface area contributed by atoms with Crippen molar-refractivity contribution >= 4 is 18.2 Å². The summed E-state index contributed by atoms with van der Waals surface area (Å²) in [5, 5.41) is 0. The Morgan fingerprint density at radius 2 is 2.05 bits per heavy atom. The molecule has 7 heteroatoms. The van der Waals surface area contributed by atoms with Gasteiger partial charge in [-0.2, -0.15) is 13.2 Å². The fraction of sp³-hybridized carbons (Fsp3) is 0.462. The molecule has 0 saturated carbocycles. The number of halogens is 4. The first-order valence-corrected chi connectivity index (χ1v) is 7.04. The van der Waals surface area contributed by atoms with E-state index in [1.807, 2.05) is 4.31 Å². The molecule has 0 atom stereocenters. The number of hydrogen-bond acceptors (Lipinski definition) is 3. The molecule has 1 aromatic rings. The summed E-state index contributed by atoms with van der Waals surface area (Å²) < 4.78 is 51.5. The lowest BCUT2D eigenvalue weighted by Crippen LogP contribution is -2.26. The summed E-state index contributed by atoms with van der Waals surface area (Å²) in [7, 11) is 0. The Labute approximate surface area is 118 Å². The minimum Gasteiger partial charge on any atom is -0.298 e. The van der Waals surface area contributed by atoms with Crippen molar-refractivity contribution < 1.29 is 22.4 Å². The Kier molecular flexibility index (Phi) is 4.70. The molecule has 0 aliphatic carbocycles. The molecule has 1 aromatic carbocycles. The number of fused-ring (bicyclic) bond motifs is 1. The molecule has 0 N–H and O–H groups in total. The molecule has 1 heterocycles. The van der Waals surface area contributed by atoms with E-state index in [0.717, 1.165) is 23.1 Å². The Bertz CT molecular complexity index is 504. The lowest BCUT2D eigenvalue weighted by atomic mass is 9.98. The first kappa shape index (κ1) is 15.3. The van der Waals surface area contributed by atoms with Crippen molar-refractivity contribution in [1.29, 1.82) is 0 Å². The Balaban J connectivity index is 1.98. The number of benzene rings is 1. The monoisotopic (exact) mass is 307 g/mol. The summed E-state index contributed by atoms with van der Waals surface area (Å²) in [4.78, 5) is 10.7. The maximum Gasteiger partial charge on any atom is 0.389 e. The van der Waals surface area contributed by atoms with E-state index in [-0.39, 0.29) is 11.3 Å². The van der Waals surface area contributed by atoms with Crippen molar-refractivity contribution in [3.8, 4) is 0 Å². The van der Waals surface area contributed by atoms with Crippen molar-refractivity contribution in [2.75, 3.05) is 12.3 Å². The van der Waals surface area contributed by atoms with Crippen LogP contribution in [0, 0.1) is 5.82 Å². The van der Waals surface area contributed by atoms with Crippen LogP contribution in [0.15, 0.2) is 12.1 Å². The number of aldehydes is 1. The van der Waals surface area contributed by atoms with E-state index in [0.29, 0.717) is 25.8 Å². The zero-order valence-corrected chi connectivity index (χ0v) is 11.4. The number of rotatable bonds is 4. The predicted octanol–water partition coefficient (Wildman–Crippen LogP) is 3.60. The van der Waals surface area contributed by atoms with Gasteiger partial charge >= 0.3 is 6.18 Å². The quantitative estimate of drug-likeness (QED) is 0.481. The molecule has 1 aliphatic rings. The molecular formula is C13H13F4NOS. The van der Waals surface area contributed by atoms with E-state index in [1.54, 1.807) is 0 Å². The van der Waals surface area contributed by atoms with Gasteiger partial charge in [-0.1, -0.05) is 11.9 Å². The molecule has 2 rings (SSSR count). The summed E-state index contributed by atoms with van der Waals surface area (Å²) >= 11 is 1.14. The van der Waals surface area contributed by atoms with Crippen LogP contribution in [-0.2, 0) is 13.0 Å². The Morgan fingerprint density at radius 1 is 1.30 bits per heavy atom. The summed E-state index contributed by atoms with van der Waals surface area (Å²) in [5.41, 5.74) is 1.62. The van der Waals surface area contributed by atoms with Gasteiger partial charge in [0.05, 0.1) is 12.0 Å². The molecule has 0 spiro atoms. The summed E-state index contributed by atoms with van der Waals surface area (Å²) in [6, 6.07) is 2.82. The van der Waals surface area contributed by atoms with E-state index in [2.05, 4.69) is 0 Å². The van der Waals surface area contributed by atoms with Crippen LogP contribution in [0.4, 0.5) is 17.6 Å². The Morgan fingerprint density at radius 3 is 2.70 bits per heavy atom. The van der Waals surface area contributed by atoms with Gasteiger partial charge in [-0.3, -0.25) is 4.79 Å². The maximum absolute atomic E-state index is 13.4. The molecule has 0 radical (unpaired) electrons. The van der Waals surface area contributed by atoms with Gasteiger partial charge in [-0.15, -0.1) is 0 Å². The zero-order valence-electron chi connectivity index (χ0n) is 10.5. The fourth-order valence-corrected chi connectivity index (χ4v) is 3.10. The lowest BCUT2D eigenvalue weighted by Gasteiger charge is -2.28. The van der Waals surface area contributed by atoms with Crippen LogP contribution in [0.2, 0.25) is 0 Å². The largest absolute Gasteiger partial charge is 0.389 e. The van der Waals surface area contributed by atoms with Crippen LogP contribution >= 0.6 is 11.9 Å². The molecule has 110 valence electrons. The average molecular weight is 307 g/mol. The van der Waals surface area contributed by atoms with Crippen LogP contribution in [-0.4, -0.2) is 29.1 Å². The number of carbonyl (C=O) groups excluding carboxylic acids is 1. The average Bonchev–Trinajstić information content (AvgIpc) is 2.36. The minimum absolute atomic E-state index is 0.00843. The highest BCUT2D eigenvalue weighted by atomic mass is 32.2. The van der Waals surface area contributed by atoms with Gasteiger partial charge in [0.25, 0.3) is 0 Å². The molecule has 0 saturated heterocycles. The summed E-state index contributed by atoms with van der Waals surface area (Å²) in [6.07, 6.45) is -3.95. The Hall–Kier alpha value is -1.08. The van der Waals surface area contributed by atoms with Crippen LogP contribution in [0.1, 0.15) is 27.9 Å². The topological polar surface area (TPSA) is 20.3 Å². The van der Waals surface area contributed by atoms with E-state index in [1.165, 1.54) is 12.1 Å². The van der Waals surface area contributed by atoms with Crippen molar-refractivity contribution in [3.05, 3.63) is 34.6 Å². The van der Waals surface area contributed by atoms with Crippen LogP contribution in [0.25, 0.3) is 0 Å². The number of alkyl halides is 3. The standard InChI is InChI=1S/C13H13F4NOS/c14-12-6-9-1-3-18(20-4-2-13(15,16)17)7-10(9)5-11(12)8-19/h5-6,8H,1-4,7H2. The van der Waals surface area contributed by atoms with E-state index < -0.39 is 18.4 Å². The van der Waals surface area contributed by atoms with E-state index >= 15 is 0 Å². The molecule has 2 nitrogen and oxygen atoms in total. The highest BCUT2D eigenvalue weighted by molar-refractivity contribution is 7.96. The predicted molar refractivity (Wildman–Crippen MR) is 69.0 cm³/mol. The molecule has 0 amide bonds. The number of carbonyl (C=O) groups is 1. The normalized spacial score (nSPS) is 16.0. The number of nitrogens with zero attached hydrogens (tertiary/aromatic N) is 1. The van der Waals surface area contributed by atoms with Crippen molar-refractivity contribution in [2.24, 2.45) is 0 Å². The molecule has 0 aromatic heterocycles. The van der Waals surface area contributed by atoms with Crippen molar-refractivity contribution in [3.63, 3.8) is 0 Å². The van der Waals surface area contributed by atoms with Gasteiger partial charge in [-0.05, 0) is 29.7 Å². The smallest absolute Gasteiger partial charge is 0.298 e. The van der Waals surface area contributed by atoms with Crippen LogP contribution in [0.5, 0.6) is 0 Å². The SMILES string of the molecule is O=Cc1cc2c(cc1F)CCN(SCCC(F)(F)F)C2. The summed E-state index contributed by atoms with van der Waals surface area (Å²) in [6.45, 7) is 1.01. The van der Waals surface area contributed by atoms with E-state index in [9.17, 15) is 22.4 Å². The third-order valence-corrected chi connectivity index (χ3v) is 4.15. The van der Waals surface area contributed by atoms with Gasteiger partial charge in [0.2, 0.25) is 0 Å². The molecule has 20 heavy (non-hydrogen) atoms. The first-order chi connectivity index (χ1) is 9.39. The highest BCUT2D eigenvalue weighted by Crippen LogP contribution is 2.28. The van der Waals surface area contributed by atoms with E-state index in [4.69, 9.17) is 0 Å². The molecule has 0 bridgehead atoms. The number of hydrogen-bond donors (Lipinski definition) is 0. The van der Waals surface area contributed by atoms with Gasteiger partial charge in [-0.25, -0.2) is 8.70 Å². The third-order valence-electron chi connectivity index (χ3n) is 3.08. The molecule has 0 unspecified atom stereocenters.